The van der Waals surface area contributed by atoms with Gasteiger partial charge < -0.3 is 19.7 Å². The summed E-state index contributed by atoms with van der Waals surface area (Å²) in [6, 6.07) is 15.1. The van der Waals surface area contributed by atoms with Gasteiger partial charge in [0.15, 0.2) is 0 Å². The number of benzene rings is 2. The Morgan fingerprint density at radius 1 is 1.11 bits per heavy atom. The molecule has 0 saturated carbocycles. The van der Waals surface area contributed by atoms with Crippen molar-refractivity contribution in [3.8, 4) is 16.9 Å². The van der Waals surface area contributed by atoms with Crippen molar-refractivity contribution in [3.63, 3.8) is 0 Å². The smallest absolute Gasteiger partial charge is 0.247 e. The molecule has 0 aliphatic carbocycles. The van der Waals surface area contributed by atoms with Crippen LogP contribution in [0.15, 0.2) is 48.5 Å². The number of carbonyl (C=O) groups excluding carboxylic acids is 2. The summed E-state index contributed by atoms with van der Waals surface area (Å²) in [5, 5.41) is 2.94. The highest BCUT2D eigenvalue weighted by atomic mass is 16.5. The molecule has 1 atom stereocenters. The van der Waals surface area contributed by atoms with Crippen LogP contribution >= 0.6 is 0 Å². The summed E-state index contributed by atoms with van der Waals surface area (Å²) in [4.78, 5) is 26.6. The van der Waals surface area contributed by atoms with Gasteiger partial charge in [-0.3, -0.25) is 9.59 Å². The van der Waals surface area contributed by atoms with E-state index in [1.807, 2.05) is 48.5 Å². The number of nitrogens with zero attached hydrogens (tertiary/aromatic N) is 1. The van der Waals surface area contributed by atoms with Gasteiger partial charge in [0.2, 0.25) is 11.8 Å². The van der Waals surface area contributed by atoms with Gasteiger partial charge in [-0.1, -0.05) is 24.3 Å². The lowest BCUT2D eigenvalue weighted by Crippen LogP contribution is -2.43. The number of hydrogen-bond acceptors (Lipinski definition) is 4. The van der Waals surface area contributed by atoms with Gasteiger partial charge in [-0.25, -0.2) is 0 Å². The lowest BCUT2D eigenvalue weighted by Gasteiger charge is -2.24. The first kappa shape index (κ1) is 19.9. The van der Waals surface area contributed by atoms with Crippen LogP contribution in [0.4, 0.5) is 5.69 Å². The number of nitrogens with one attached hydrogen (secondary N) is 1. The average molecular weight is 382 g/mol. The maximum atomic E-state index is 12.7. The molecule has 1 aliphatic rings. The van der Waals surface area contributed by atoms with Crippen molar-refractivity contribution in [1.29, 1.82) is 0 Å². The van der Waals surface area contributed by atoms with Gasteiger partial charge in [0.05, 0.1) is 20.1 Å². The molecule has 6 heteroatoms. The normalized spacial score (nSPS) is 16.1. The van der Waals surface area contributed by atoms with Crippen molar-refractivity contribution in [2.45, 2.75) is 25.3 Å². The van der Waals surface area contributed by atoms with Crippen molar-refractivity contribution in [2.75, 3.05) is 32.7 Å². The highest BCUT2D eigenvalue weighted by Crippen LogP contribution is 2.26. The number of rotatable bonds is 7. The number of methoxy groups -OCH3 is 2. The molecule has 0 radical (unpaired) electrons. The lowest BCUT2D eigenvalue weighted by molar-refractivity contribution is -0.137. The topological polar surface area (TPSA) is 67.9 Å². The van der Waals surface area contributed by atoms with Crippen LogP contribution in [0.3, 0.4) is 0 Å². The Kier molecular flexibility index (Phi) is 6.66. The quantitative estimate of drug-likeness (QED) is 0.798. The molecule has 1 heterocycles. The monoisotopic (exact) mass is 382 g/mol. The third kappa shape index (κ3) is 4.70. The standard InChI is InChI=1S/C22H26N2O4/c1-27-14-12-21(25)24-13-4-7-20(24)22(26)23-18-10-8-16(9-11-18)17-5-3-6-19(15-17)28-2/h3,5-6,8-11,15,20H,4,7,12-14H2,1-2H3,(H,23,26). The molecule has 1 aliphatic heterocycles. The first-order valence-electron chi connectivity index (χ1n) is 9.46. The van der Waals surface area contributed by atoms with Gasteiger partial charge in [0.25, 0.3) is 0 Å². The third-order valence-electron chi connectivity index (χ3n) is 4.95. The number of likely N-dealkylation sites (tertiary alicyclic amines) is 1. The predicted molar refractivity (Wildman–Crippen MR) is 108 cm³/mol. The van der Waals surface area contributed by atoms with Crippen LogP contribution in [-0.4, -0.2) is 50.1 Å². The van der Waals surface area contributed by atoms with Crippen LogP contribution in [0.2, 0.25) is 0 Å². The van der Waals surface area contributed by atoms with E-state index in [0.29, 0.717) is 31.7 Å². The summed E-state index contributed by atoms with van der Waals surface area (Å²) in [6.45, 7) is 0.991. The van der Waals surface area contributed by atoms with Crippen LogP contribution < -0.4 is 10.1 Å². The van der Waals surface area contributed by atoms with Crippen molar-refractivity contribution < 1.29 is 19.1 Å². The molecule has 1 unspecified atom stereocenters. The molecule has 2 amide bonds. The van der Waals surface area contributed by atoms with Gasteiger partial charge >= 0.3 is 0 Å². The molecule has 3 rings (SSSR count). The lowest BCUT2D eigenvalue weighted by atomic mass is 10.0. The summed E-state index contributed by atoms with van der Waals surface area (Å²) in [7, 11) is 3.21. The second kappa shape index (κ2) is 9.37. The Morgan fingerprint density at radius 2 is 1.89 bits per heavy atom. The van der Waals surface area contributed by atoms with Gasteiger partial charge in [-0.2, -0.15) is 0 Å². The van der Waals surface area contributed by atoms with Gasteiger partial charge in [0.1, 0.15) is 11.8 Å². The highest BCUT2D eigenvalue weighted by Gasteiger charge is 2.33. The Bertz CT molecular complexity index is 820. The van der Waals surface area contributed by atoms with Crippen molar-refractivity contribution in [2.24, 2.45) is 0 Å². The number of ether oxygens (including phenoxy) is 2. The van der Waals surface area contributed by atoms with E-state index < -0.39 is 6.04 Å². The zero-order valence-corrected chi connectivity index (χ0v) is 16.3. The number of amides is 2. The second-order valence-corrected chi connectivity index (χ2v) is 6.79. The molecule has 0 spiro atoms. The molecule has 0 bridgehead atoms. The minimum absolute atomic E-state index is 0.0344. The van der Waals surface area contributed by atoms with Crippen molar-refractivity contribution in [1.82, 2.24) is 4.90 Å². The van der Waals surface area contributed by atoms with Gasteiger partial charge in [-0.05, 0) is 48.2 Å². The Hall–Kier alpha value is -2.86. The van der Waals surface area contributed by atoms with E-state index in [9.17, 15) is 9.59 Å². The van der Waals surface area contributed by atoms with Gasteiger partial charge in [0, 0.05) is 19.3 Å². The first-order chi connectivity index (χ1) is 13.6. The average Bonchev–Trinajstić information content (AvgIpc) is 3.23. The molecule has 1 fully saturated rings. The van der Waals surface area contributed by atoms with Crippen molar-refractivity contribution >= 4 is 17.5 Å². The van der Waals surface area contributed by atoms with Crippen LogP contribution in [0.5, 0.6) is 5.75 Å². The summed E-state index contributed by atoms with van der Waals surface area (Å²) >= 11 is 0. The van der Waals surface area contributed by atoms with E-state index in [-0.39, 0.29) is 11.8 Å². The maximum absolute atomic E-state index is 12.7. The molecular weight excluding hydrogens is 356 g/mol. The molecule has 1 saturated heterocycles. The Morgan fingerprint density at radius 3 is 2.61 bits per heavy atom. The van der Waals surface area contributed by atoms with Crippen molar-refractivity contribution in [3.05, 3.63) is 48.5 Å². The molecule has 1 N–H and O–H groups in total. The zero-order valence-electron chi connectivity index (χ0n) is 16.3. The minimum atomic E-state index is -0.414. The fourth-order valence-electron chi connectivity index (χ4n) is 3.44. The van der Waals surface area contributed by atoms with E-state index in [0.717, 1.165) is 23.3 Å². The molecule has 0 aromatic heterocycles. The molecule has 6 nitrogen and oxygen atoms in total. The summed E-state index contributed by atoms with van der Waals surface area (Å²) in [5.74, 6) is 0.625. The molecule has 2 aromatic rings. The maximum Gasteiger partial charge on any atom is 0.247 e. The van der Waals surface area contributed by atoms with E-state index >= 15 is 0 Å². The predicted octanol–water partition coefficient (Wildman–Crippen LogP) is 3.33. The van der Waals surface area contributed by atoms with E-state index in [1.165, 1.54) is 0 Å². The third-order valence-corrected chi connectivity index (χ3v) is 4.95. The number of anilines is 1. The highest BCUT2D eigenvalue weighted by molar-refractivity contribution is 5.97. The van der Waals surface area contributed by atoms with Crippen LogP contribution in [0, 0.1) is 0 Å². The Balaban J connectivity index is 1.64. The molecular formula is C22H26N2O4. The van der Waals surface area contributed by atoms with E-state index in [4.69, 9.17) is 9.47 Å². The second-order valence-electron chi connectivity index (χ2n) is 6.79. The number of carbonyl (C=O) groups is 2. The molecule has 2 aromatic carbocycles. The fraction of sp³-hybridized carbons (Fsp3) is 0.364. The Labute approximate surface area is 165 Å². The molecule has 148 valence electrons. The van der Waals surface area contributed by atoms with Crippen LogP contribution in [0.25, 0.3) is 11.1 Å². The largest absolute Gasteiger partial charge is 0.497 e. The SMILES string of the molecule is COCCC(=O)N1CCCC1C(=O)Nc1ccc(-c2cccc(OC)c2)cc1. The summed E-state index contributed by atoms with van der Waals surface area (Å²) in [5.41, 5.74) is 2.80. The van der Waals surface area contributed by atoms with E-state index in [1.54, 1.807) is 19.1 Å². The fourth-order valence-corrected chi connectivity index (χ4v) is 3.44. The summed E-state index contributed by atoms with van der Waals surface area (Å²) in [6.07, 6.45) is 1.83. The van der Waals surface area contributed by atoms with Crippen LogP contribution in [0.1, 0.15) is 19.3 Å². The molecule has 28 heavy (non-hydrogen) atoms. The van der Waals surface area contributed by atoms with Crippen LogP contribution in [-0.2, 0) is 14.3 Å². The summed E-state index contributed by atoms with van der Waals surface area (Å²) < 4.78 is 10.2. The van der Waals surface area contributed by atoms with E-state index in [2.05, 4.69) is 5.32 Å². The van der Waals surface area contributed by atoms with Gasteiger partial charge in [-0.15, -0.1) is 0 Å². The number of hydrogen-bond donors (Lipinski definition) is 1. The zero-order chi connectivity index (χ0) is 19.9. The minimum Gasteiger partial charge on any atom is -0.497 e. The first-order valence-corrected chi connectivity index (χ1v) is 9.46.